The maximum atomic E-state index is 6.40. The molecule has 2 unspecified atom stereocenters. The van der Waals surface area contributed by atoms with Gasteiger partial charge < -0.3 is 9.64 Å². The van der Waals surface area contributed by atoms with E-state index in [-0.39, 0.29) is 0 Å². The molecule has 1 aliphatic rings. The first-order valence-corrected chi connectivity index (χ1v) is 9.31. The van der Waals surface area contributed by atoms with Crippen LogP contribution in [0, 0.1) is 5.92 Å². The van der Waals surface area contributed by atoms with Gasteiger partial charge in [0.25, 0.3) is 0 Å². The zero-order chi connectivity index (χ0) is 16.2. The van der Waals surface area contributed by atoms with Crippen molar-refractivity contribution in [2.75, 3.05) is 38.0 Å². The molecule has 0 bridgehead atoms. The van der Waals surface area contributed by atoms with Crippen molar-refractivity contribution in [1.82, 2.24) is 14.8 Å². The molecular formula is C16H21ClN4OS. The molecule has 0 spiro atoms. The fourth-order valence-corrected chi connectivity index (χ4v) is 3.83. The van der Waals surface area contributed by atoms with Crippen LogP contribution >= 0.6 is 23.4 Å². The van der Waals surface area contributed by atoms with Gasteiger partial charge in [-0.25, -0.2) is 4.68 Å². The lowest BCUT2D eigenvalue weighted by Crippen LogP contribution is -2.29. The highest BCUT2D eigenvalue weighted by Crippen LogP contribution is 2.41. The van der Waals surface area contributed by atoms with E-state index in [4.69, 9.17) is 16.3 Å². The molecule has 1 saturated carbocycles. The lowest BCUT2D eigenvalue weighted by atomic mass is 10.3. The fraction of sp³-hybridized carbons (Fsp3) is 0.500. The maximum absolute atomic E-state index is 6.40. The Balaban J connectivity index is 1.79. The van der Waals surface area contributed by atoms with Gasteiger partial charge in [0.05, 0.1) is 30.4 Å². The Morgan fingerprint density at radius 3 is 3.04 bits per heavy atom. The van der Waals surface area contributed by atoms with Crippen molar-refractivity contribution in [2.24, 2.45) is 5.92 Å². The van der Waals surface area contributed by atoms with Crippen LogP contribution in [0.1, 0.15) is 6.42 Å². The Morgan fingerprint density at radius 1 is 1.52 bits per heavy atom. The molecule has 2 aromatic rings. The van der Waals surface area contributed by atoms with Crippen molar-refractivity contribution in [1.29, 1.82) is 0 Å². The third-order valence-corrected chi connectivity index (χ3v) is 5.54. The predicted octanol–water partition coefficient (Wildman–Crippen LogP) is 3.13. The van der Waals surface area contributed by atoms with Gasteiger partial charge in [0.1, 0.15) is 0 Å². The van der Waals surface area contributed by atoms with Crippen molar-refractivity contribution in [3.05, 3.63) is 35.9 Å². The van der Waals surface area contributed by atoms with E-state index in [1.165, 1.54) is 6.42 Å². The summed E-state index contributed by atoms with van der Waals surface area (Å²) in [6.07, 6.45) is 8.95. The van der Waals surface area contributed by atoms with Gasteiger partial charge in [0.2, 0.25) is 0 Å². The lowest BCUT2D eigenvalue weighted by Gasteiger charge is -2.23. The van der Waals surface area contributed by atoms with Crippen molar-refractivity contribution >= 4 is 29.1 Å². The molecule has 0 aliphatic heterocycles. The second-order valence-corrected chi connectivity index (χ2v) is 7.10. The largest absolute Gasteiger partial charge is 0.383 e. The van der Waals surface area contributed by atoms with Crippen LogP contribution in [0.4, 0.5) is 5.69 Å². The Labute approximate surface area is 146 Å². The average Bonchev–Trinajstić information content (AvgIpc) is 3.23. The standard InChI is InChI=1S/C16H21ClN4OS/c1-22-7-6-20(10-12-8-15(12)23-2)14-11-21(19-16(14)17)13-4-3-5-18-9-13/h3-5,9,11-12,15H,6-8,10H2,1-2H3. The summed E-state index contributed by atoms with van der Waals surface area (Å²) < 4.78 is 7.03. The third-order valence-electron chi connectivity index (χ3n) is 4.08. The number of hydrogen-bond acceptors (Lipinski definition) is 5. The Morgan fingerprint density at radius 2 is 2.39 bits per heavy atom. The summed E-state index contributed by atoms with van der Waals surface area (Å²) in [7, 11) is 1.72. The van der Waals surface area contributed by atoms with E-state index in [0.29, 0.717) is 11.8 Å². The molecule has 0 saturated heterocycles. The van der Waals surface area contributed by atoms with Crippen molar-refractivity contribution in [2.45, 2.75) is 11.7 Å². The minimum absolute atomic E-state index is 0.520. The van der Waals surface area contributed by atoms with Crippen LogP contribution in [-0.2, 0) is 4.74 Å². The van der Waals surface area contributed by atoms with Gasteiger partial charge in [0.15, 0.2) is 5.15 Å². The Bertz CT molecular complexity index is 636. The van der Waals surface area contributed by atoms with Crippen molar-refractivity contribution < 1.29 is 4.74 Å². The van der Waals surface area contributed by atoms with Gasteiger partial charge >= 0.3 is 0 Å². The van der Waals surface area contributed by atoms with Crippen LogP contribution in [0.3, 0.4) is 0 Å². The molecule has 0 radical (unpaired) electrons. The van der Waals surface area contributed by atoms with E-state index in [1.807, 2.05) is 30.1 Å². The Hall–Kier alpha value is -1.24. The first-order valence-electron chi connectivity index (χ1n) is 7.65. The number of nitrogens with zero attached hydrogens (tertiary/aromatic N) is 4. The number of methoxy groups -OCH3 is 1. The maximum Gasteiger partial charge on any atom is 0.174 e. The molecule has 1 fully saturated rings. The molecule has 2 atom stereocenters. The highest BCUT2D eigenvalue weighted by Gasteiger charge is 2.38. The molecule has 0 aromatic carbocycles. The van der Waals surface area contributed by atoms with E-state index in [0.717, 1.165) is 35.6 Å². The number of ether oxygens (including phenoxy) is 1. The summed E-state index contributed by atoms with van der Waals surface area (Å²) in [5.41, 5.74) is 1.86. The van der Waals surface area contributed by atoms with E-state index in [2.05, 4.69) is 21.2 Å². The van der Waals surface area contributed by atoms with E-state index in [9.17, 15) is 0 Å². The zero-order valence-electron chi connectivity index (χ0n) is 13.4. The number of pyridine rings is 1. The highest BCUT2D eigenvalue weighted by molar-refractivity contribution is 7.99. The zero-order valence-corrected chi connectivity index (χ0v) is 14.9. The summed E-state index contributed by atoms with van der Waals surface area (Å²) in [6, 6.07) is 3.85. The van der Waals surface area contributed by atoms with Crippen LogP contribution in [-0.4, -0.2) is 53.1 Å². The van der Waals surface area contributed by atoms with Gasteiger partial charge in [0, 0.05) is 31.6 Å². The van der Waals surface area contributed by atoms with E-state index in [1.54, 1.807) is 24.2 Å². The third kappa shape index (κ3) is 4.00. The summed E-state index contributed by atoms with van der Waals surface area (Å²) in [5, 5.41) is 5.72. The molecule has 124 valence electrons. The SMILES string of the molecule is COCCN(CC1CC1SC)c1cn(-c2cccnc2)nc1Cl. The van der Waals surface area contributed by atoms with Crippen LogP contribution in [0.25, 0.3) is 5.69 Å². The van der Waals surface area contributed by atoms with Gasteiger partial charge in [-0.1, -0.05) is 11.6 Å². The summed E-state index contributed by atoms with van der Waals surface area (Å²) in [5.74, 6) is 0.722. The minimum atomic E-state index is 0.520. The van der Waals surface area contributed by atoms with Gasteiger partial charge in [-0.2, -0.15) is 16.9 Å². The van der Waals surface area contributed by atoms with Crippen LogP contribution in [0.5, 0.6) is 0 Å². The molecule has 23 heavy (non-hydrogen) atoms. The molecule has 0 N–H and O–H groups in total. The van der Waals surface area contributed by atoms with Crippen molar-refractivity contribution in [3.8, 4) is 5.69 Å². The fourth-order valence-electron chi connectivity index (χ4n) is 2.67. The number of aromatic nitrogens is 3. The normalized spacial score (nSPS) is 19.8. The first-order chi connectivity index (χ1) is 11.2. The topological polar surface area (TPSA) is 43.2 Å². The average molecular weight is 353 g/mol. The first kappa shape index (κ1) is 16.6. The second-order valence-electron chi connectivity index (χ2n) is 5.67. The van der Waals surface area contributed by atoms with Gasteiger partial charge in [-0.3, -0.25) is 4.98 Å². The molecule has 3 rings (SSSR count). The summed E-state index contributed by atoms with van der Waals surface area (Å²) >= 11 is 8.35. The molecule has 2 heterocycles. The predicted molar refractivity (Wildman–Crippen MR) is 95.9 cm³/mol. The smallest absolute Gasteiger partial charge is 0.174 e. The monoisotopic (exact) mass is 352 g/mol. The van der Waals surface area contributed by atoms with E-state index < -0.39 is 0 Å². The van der Waals surface area contributed by atoms with Crippen LogP contribution < -0.4 is 4.90 Å². The molecule has 2 aromatic heterocycles. The molecule has 5 nitrogen and oxygen atoms in total. The van der Waals surface area contributed by atoms with Crippen LogP contribution in [0.2, 0.25) is 5.15 Å². The van der Waals surface area contributed by atoms with Gasteiger partial charge in [-0.05, 0) is 30.7 Å². The van der Waals surface area contributed by atoms with Crippen molar-refractivity contribution in [3.63, 3.8) is 0 Å². The second kappa shape index (κ2) is 7.55. The number of thioether (sulfide) groups is 1. The highest BCUT2D eigenvalue weighted by atomic mass is 35.5. The summed E-state index contributed by atoms with van der Waals surface area (Å²) in [4.78, 5) is 6.42. The number of halogens is 1. The number of hydrogen-bond donors (Lipinski definition) is 0. The number of rotatable bonds is 8. The minimum Gasteiger partial charge on any atom is -0.383 e. The molecule has 1 aliphatic carbocycles. The molecular weight excluding hydrogens is 332 g/mol. The molecule has 0 amide bonds. The summed E-state index contributed by atoms with van der Waals surface area (Å²) in [6.45, 7) is 2.48. The Kier molecular flexibility index (Phi) is 5.46. The number of anilines is 1. The lowest BCUT2D eigenvalue weighted by molar-refractivity contribution is 0.205. The quantitative estimate of drug-likeness (QED) is 0.730. The van der Waals surface area contributed by atoms with Crippen LogP contribution in [0.15, 0.2) is 30.7 Å². The molecule has 7 heteroatoms. The van der Waals surface area contributed by atoms with E-state index >= 15 is 0 Å². The van der Waals surface area contributed by atoms with Gasteiger partial charge in [-0.15, -0.1) is 0 Å².